The molecule has 2 aromatic carbocycles. The minimum Gasteiger partial charge on any atom is -0.323 e. The van der Waals surface area contributed by atoms with Crippen LogP contribution < -0.4 is 5.73 Å². The fourth-order valence-electron chi connectivity index (χ4n) is 2.28. The van der Waals surface area contributed by atoms with Gasteiger partial charge in [-0.25, -0.2) is 9.97 Å². The molecule has 0 radical (unpaired) electrons. The normalized spacial score (nSPS) is 12.5. The Morgan fingerprint density at radius 1 is 1.05 bits per heavy atom. The van der Waals surface area contributed by atoms with Crippen LogP contribution in [0.3, 0.4) is 0 Å². The van der Waals surface area contributed by atoms with Crippen LogP contribution >= 0.6 is 11.8 Å². The van der Waals surface area contributed by atoms with Crippen molar-refractivity contribution in [3.8, 4) is 0 Å². The zero-order chi connectivity index (χ0) is 14.7. The number of hydrogen-bond acceptors (Lipinski definition) is 4. The van der Waals surface area contributed by atoms with E-state index in [2.05, 4.69) is 46.4 Å². The molecule has 0 aliphatic carbocycles. The predicted molar refractivity (Wildman–Crippen MR) is 88.4 cm³/mol. The maximum atomic E-state index is 6.36. The van der Waals surface area contributed by atoms with Crippen LogP contribution in [0.2, 0.25) is 0 Å². The average molecular weight is 295 g/mol. The van der Waals surface area contributed by atoms with Gasteiger partial charge in [-0.15, -0.1) is 0 Å². The van der Waals surface area contributed by atoms with Gasteiger partial charge in [0.25, 0.3) is 0 Å². The third-order valence-corrected chi connectivity index (χ3v) is 4.37. The van der Waals surface area contributed by atoms with Crippen molar-refractivity contribution in [2.24, 2.45) is 5.73 Å². The topological polar surface area (TPSA) is 51.8 Å². The second-order valence-corrected chi connectivity index (χ2v) is 6.02. The summed E-state index contributed by atoms with van der Waals surface area (Å²) in [5, 5.41) is 3.22. The first-order valence-corrected chi connectivity index (χ1v) is 7.87. The Hall–Kier alpha value is -1.91. The van der Waals surface area contributed by atoms with Gasteiger partial charge in [-0.2, -0.15) is 0 Å². The molecule has 0 bridgehead atoms. The Balaban J connectivity index is 1.78. The lowest BCUT2D eigenvalue weighted by molar-refractivity contribution is 0.834. The van der Waals surface area contributed by atoms with Gasteiger partial charge in [0.2, 0.25) is 0 Å². The van der Waals surface area contributed by atoms with Crippen LogP contribution in [-0.2, 0) is 0 Å². The molecule has 3 nitrogen and oxygen atoms in total. The highest BCUT2D eigenvalue weighted by molar-refractivity contribution is 7.99. The lowest BCUT2D eigenvalue weighted by atomic mass is 10.0. The van der Waals surface area contributed by atoms with E-state index in [0.29, 0.717) is 0 Å². The van der Waals surface area contributed by atoms with Gasteiger partial charge in [0.15, 0.2) is 5.16 Å². The highest BCUT2D eigenvalue weighted by atomic mass is 32.2. The standard InChI is InChI=1S/C17H17N3S/c1-12-9-19-17(20-10-12)21-11-16(18)15-8-4-6-13-5-2-3-7-14(13)15/h2-10,16H,11,18H2,1H3. The van der Waals surface area contributed by atoms with E-state index >= 15 is 0 Å². The van der Waals surface area contributed by atoms with Crippen molar-refractivity contribution in [2.45, 2.75) is 18.1 Å². The summed E-state index contributed by atoms with van der Waals surface area (Å²) in [6.45, 7) is 1.98. The summed E-state index contributed by atoms with van der Waals surface area (Å²) < 4.78 is 0. The first-order chi connectivity index (χ1) is 10.2. The fraction of sp³-hybridized carbons (Fsp3) is 0.176. The van der Waals surface area contributed by atoms with Crippen molar-refractivity contribution >= 4 is 22.5 Å². The number of rotatable bonds is 4. The molecule has 1 unspecified atom stereocenters. The van der Waals surface area contributed by atoms with E-state index in [1.54, 1.807) is 11.8 Å². The van der Waals surface area contributed by atoms with E-state index in [0.717, 1.165) is 16.5 Å². The summed E-state index contributed by atoms with van der Waals surface area (Å²) in [4.78, 5) is 8.61. The Morgan fingerprint density at radius 3 is 2.57 bits per heavy atom. The van der Waals surface area contributed by atoms with Crippen molar-refractivity contribution < 1.29 is 0 Å². The molecule has 0 amide bonds. The number of thioether (sulfide) groups is 1. The molecule has 2 N–H and O–H groups in total. The lowest BCUT2D eigenvalue weighted by Gasteiger charge is -2.14. The van der Waals surface area contributed by atoms with Crippen LogP contribution in [0, 0.1) is 6.92 Å². The van der Waals surface area contributed by atoms with Crippen molar-refractivity contribution in [1.29, 1.82) is 0 Å². The number of nitrogens with two attached hydrogens (primary N) is 1. The smallest absolute Gasteiger partial charge is 0.187 e. The minimum absolute atomic E-state index is 0.0361. The molecule has 0 saturated heterocycles. The van der Waals surface area contributed by atoms with Gasteiger partial charge in [0.1, 0.15) is 0 Å². The zero-order valence-corrected chi connectivity index (χ0v) is 12.7. The van der Waals surface area contributed by atoms with Gasteiger partial charge in [-0.05, 0) is 28.8 Å². The third kappa shape index (κ3) is 3.23. The third-order valence-electron chi connectivity index (χ3n) is 3.37. The van der Waals surface area contributed by atoms with Gasteiger partial charge < -0.3 is 5.73 Å². The molecule has 21 heavy (non-hydrogen) atoms. The SMILES string of the molecule is Cc1cnc(SCC(N)c2cccc3ccccc23)nc1. The Bertz CT molecular complexity index is 735. The van der Waals surface area contributed by atoms with E-state index < -0.39 is 0 Å². The van der Waals surface area contributed by atoms with Crippen molar-refractivity contribution in [3.05, 3.63) is 66.0 Å². The highest BCUT2D eigenvalue weighted by Crippen LogP contribution is 2.26. The van der Waals surface area contributed by atoms with Crippen LogP contribution in [0.4, 0.5) is 0 Å². The summed E-state index contributed by atoms with van der Waals surface area (Å²) in [7, 11) is 0. The van der Waals surface area contributed by atoms with Crippen LogP contribution in [-0.4, -0.2) is 15.7 Å². The van der Waals surface area contributed by atoms with Gasteiger partial charge in [0, 0.05) is 24.2 Å². The summed E-state index contributed by atoms with van der Waals surface area (Å²) in [5.41, 5.74) is 8.60. The molecule has 4 heteroatoms. The minimum atomic E-state index is -0.0361. The second-order valence-electron chi connectivity index (χ2n) is 5.03. The van der Waals surface area contributed by atoms with E-state index in [1.165, 1.54) is 16.3 Å². The molecule has 3 rings (SSSR count). The Labute approximate surface area is 128 Å². The molecule has 0 fully saturated rings. The first kappa shape index (κ1) is 14.0. The summed E-state index contributed by atoms with van der Waals surface area (Å²) in [5.74, 6) is 0.761. The van der Waals surface area contributed by atoms with E-state index in [-0.39, 0.29) is 6.04 Å². The summed E-state index contributed by atoms with van der Waals surface area (Å²) >= 11 is 1.59. The molecule has 1 aromatic heterocycles. The Morgan fingerprint density at radius 2 is 1.76 bits per heavy atom. The van der Waals surface area contributed by atoms with Crippen molar-refractivity contribution in [3.63, 3.8) is 0 Å². The van der Waals surface area contributed by atoms with E-state index in [1.807, 2.05) is 25.4 Å². The highest BCUT2D eigenvalue weighted by Gasteiger charge is 2.11. The molecule has 106 valence electrons. The lowest BCUT2D eigenvalue weighted by Crippen LogP contribution is -2.13. The largest absolute Gasteiger partial charge is 0.323 e. The van der Waals surface area contributed by atoms with Gasteiger partial charge >= 0.3 is 0 Å². The van der Waals surface area contributed by atoms with Crippen LogP contribution in [0.15, 0.2) is 60.0 Å². The maximum Gasteiger partial charge on any atom is 0.187 e. The molecule has 1 heterocycles. The number of nitrogens with zero attached hydrogens (tertiary/aromatic N) is 2. The van der Waals surface area contributed by atoms with Crippen molar-refractivity contribution in [2.75, 3.05) is 5.75 Å². The van der Waals surface area contributed by atoms with Crippen molar-refractivity contribution in [1.82, 2.24) is 9.97 Å². The molecule has 3 aromatic rings. The number of hydrogen-bond donors (Lipinski definition) is 1. The van der Waals surface area contributed by atoms with E-state index in [4.69, 9.17) is 5.73 Å². The van der Waals surface area contributed by atoms with Crippen LogP contribution in [0.1, 0.15) is 17.2 Å². The number of fused-ring (bicyclic) bond motifs is 1. The van der Waals surface area contributed by atoms with Crippen LogP contribution in [0.5, 0.6) is 0 Å². The summed E-state index contributed by atoms with van der Waals surface area (Å²) in [6, 6.07) is 14.6. The number of benzene rings is 2. The van der Waals surface area contributed by atoms with Crippen LogP contribution in [0.25, 0.3) is 10.8 Å². The average Bonchev–Trinajstić information content (AvgIpc) is 2.53. The van der Waals surface area contributed by atoms with Gasteiger partial charge in [0.05, 0.1) is 0 Å². The zero-order valence-electron chi connectivity index (χ0n) is 11.9. The molecule has 1 atom stereocenters. The van der Waals surface area contributed by atoms with Gasteiger partial charge in [-0.1, -0.05) is 54.2 Å². The monoisotopic (exact) mass is 295 g/mol. The first-order valence-electron chi connectivity index (χ1n) is 6.89. The molecular weight excluding hydrogens is 278 g/mol. The molecule has 0 spiro atoms. The summed E-state index contributed by atoms with van der Waals surface area (Å²) in [6.07, 6.45) is 3.66. The maximum absolute atomic E-state index is 6.36. The quantitative estimate of drug-likeness (QED) is 0.588. The Kier molecular flexibility index (Phi) is 4.18. The predicted octanol–water partition coefficient (Wildman–Crippen LogP) is 3.73. The molecule has 0 aliphatic heterocycles. The molecule has 0 aliphatic rings. The molecule has 0 saturated carbocycles. The molecular formula is C17H17N3S. The second kappa shape index (κ2) is 6.24. The van der Waals surface area contributed by atoms with Gasteiger partial charge in [-0.3, -0.25) is 0 Å². The van der Waals surface area contributed by atoms with E-state index in [9.17, 15) is 0 Å². The number of aromatic nitrogens is 2. The number of aryl methyl sites for hydroxylation is 1. The fourth-order valence-corrected chi connectivity index (χ4v) is 3.05.